The molecule has 1 heterocycles. The van der Waals surface area contributed by atoms with Crippen molar-refractivity contribution in [1.82, 2.24) is 9.97 Å². The number of anilines is 3. The Bertz CT molecular complexity index is 1140. The fourth-order valence-electron chi connectivity index (χ4n) is 2.59. The van der Waals surface area contributed by atoms with E-state index in [2.05, 4.69) is 26.0 Å². The number of benzene rings is 3. The Morgan fingerprint density at radius 2 is 1.57 bits per heavy atom. The van der Waals surface area contributed by atoms with Crippen molar-refractivity contribution in [3.63, 3.8) is 0 Å². The van der Waals surface area contributed by atoms with Crippen LogP contribution in [-0.4, -0.2) is 15.1 Å². The summed E-state index contributed by atoms with van der Waals surface area (Å²) in [7, 11) is 0. The number of aryl methyl sites for hydroxylation is 1. The lowest BCUT2D eigenvalue weighted by atomic mass is 10.2. The highest BCUT2D eigenvalue weighted by molar-refractivity contribution is 9.10. The van der Waals surface area contributed by atoms with Crippen LogP contribution in [0.15, 0.2) is 76.1 Å². The van der Waals surface area contributed by atoms with Crippen molar-refractivity contribution in [1.29, 1.82) is 0 Å². The SMILES string of the molecule is Cc1ccc(Nc2nc3ccccc3nc2NSc2ccc(Br)cc2)cc1O. The minimum absolute atomic E-state index is 0.234. The zero-order valence-electron chi connectivity index (χ0n) is 15.0. The largest absolute Gasteiger partial charge is 0.508 e. The molecule has 0 aliphatic heterocycles. The van der Waals surface area contributed by atoms with Crippen molar-refractivity contribution in [3.05, 3.63) is 76.8 Å². The van der Waals surface area contributed by atoms with Gasteiger partial charge in [0.2, 0.25) is 0 Å². The molecule has 140 valence electrons. The van der Waals surface area contributed by atoms with Gasteiger partial charge < -0.3 is 15.1 Å². The summed E-state index contributed by atoms with van der Waals surface area (Å²) < 4.78 is 4.32. The third kappa shape index (κ3) is 4.21. The average Bonchev–Trinajstić information content (AvgIpc) is 2.70. The molecule has 0 amide bonds. The summed E-state index contributed by atoms with van der Waals surface area (Å²) in [5.41, 5.74) is 3.16. The molecule has 28 heavy (non-hydrogen) atoms. The summed E-state index contributed by atoms with van der Waals surface area (Å²) in [5, 5.41) is 13.3. The van der Waals surface area contributed by atoms with Crippen LogP contribution in [0, 0.1) is 6.92 Å². The Kier molecular flexibility index (Phi) is 5.36. The first-order chi connectivity index (χ1) is 13.6. The van der Waals surface area contributed by atoms with Gasteiger partial charge in [0.1, 0.15) is 5.75 Å². The quantitative estimate of drug-likeness (QED) is 0.310. The Balaban J connectivity index is 1.67. The van der Waals surface area contributed by atoms with E-state index < -0.39 is 0 Å². The number of nitrogens with one attached hydrogen (secondary N) is 2. The maximum atomic E-state index is 9.99. The molecule has 0 saturated carbocycles. The Morgan fingerprint density at radius 3 is 2.25 bits per heavy atom. The summed E-state index contributed by atoms with van der Waals surface area (Å²) in [5.74, 6) is 1.44. The van der Waals surface area contributed by atoms with Gasteiger partial charge in [-0.3, -0.25) is 0 Å². The Morgan fingerprint density at radius 1 is 0.893 bits per heavy atom. The lowest BCUT2D eigenvalue weighted by molar-refractivity contribution is 0.471. The highest BCUT2D eigenvalue weighted by atomic mass is 79.9. The maximum absolute atomic E-state index is 9.99. The molecule has 3 N–H and O–H groups in total. The number of rotatable bonds is 5. The molecule has 0 aliphatic carbocycles. The van der Waals surface area contributed by atoms with Gasteiger partial charge in [0.15, 0.2) is 11.6 Å². The minimum Gasteiger partial charge on any atom is -0.508 e. The van der Waals surface area contributed by atoms with Crippen LogP contribution in [0.1, 0.15) is 5.56 Å². The van der Waals surface area contributed by atoms with E-state index in [1.54, 1.807) is 6.07 Å². The van der Waals surface area contributed by atoms with Crippen LogP contribution >= 0.6 is 27.9 Å². The number of aromatic hydroxyl groups is 1. The van der Waals surface area contributed by atoms with Crippen LogP contribution in [0.25, 0.3) is 11.0 Å². The van der Waals surface area contributed by atoms with Crippen LogP contribution in [0.5, 0.6) is 5.75 Å². The molecule has 1 aromatic heterocycles. The van der Waals surface area contributed by atoms with E-state index in [4.69, 9.17) is 9.97 Å². The molecule has 0 bridgehead atoms. The lowest BCUT2D eigenvalue weighted by Gasteiger charge is -2.13. The number of halogens is 1. The van der Waals surface area contributed by atoms with Crippen molar-refractivity contribution in [2.75, 3.05) is 10.0 Å². The smallest absolute Gasteiger partial charge is 0.180 e. The molecule has 0 spiro atoms. The average molecular weight is 453 g/mol. The summed E-state index contributed by atoms with van der Waals surface area (Å²) in [6.45, 7) is 1.86. The highest BCUT2D eigenvalue weighted by Gasteiger charge is 2.11. The predicted octanol–water partition coefficient (Wildman–Crippen LogP) is 6.27. The van der Waals surface area contributed by atoms with E-state index in [0.29, 0.717) is 11.6 Å². The minimum atomic E-state index is 0.234. The van der Waals surface area contributed by atoms with E-state index in [1.807, 2.05) is 67.6 Å². The molecule has 0 fully saturated rings. The molecule has 3 aromatic carbocycles. The number of nitrogens with zero attached hydrogens (tertiary/aromatic N) is 2. The van der Waals surface area contributed by atoms with Crippen LogP contribution in [0.2, 0.25) is 0 Å². The summed E-state index contributed by atoms with van der Waals surface area (Å²) in [6.07, 6.45) is 0. The molecule has 7 heteroatoms. The van der Waals surface area contributed by atoms with Crippen LogP contribution in [-0.2, 0) is 0 Å². The number of fused-ring (bicyclic) bond motifs is 1. The maximum Gasteiger partial charge on any atom is 0.180 e. The van der Waals surface area contributed by atoms with E-state index in [-0.39, 0.29) is 5.75 Å². The molecule has 0 radical (unpaired) electrons. The van der Waals surface area contributed by atoms with Crippen molar-refractivity contribution in [2.24, 2.45) is 0 Å². The fourth-order valence-corrected chi connectivity index (χ4v) is 3.49. The monoisotopic (exact) mass is 452 g/mol. The standard InChI is InChI=1S/C21H17BrN4OS/c1-13-6-9-15(12-19(13)27)23-20-21(25-18-5-3-2-4-17(18)24-20)26-28-16-10-7-14(22)8-11-16/h2-12,27H,1H3,(H,23,24)(H,25,26). The molecule has 5 nitrogen and oxygen atoms in total. The zero-order valence-corrected chi connectivity index (χ0v) is 17.4. The van der Waals surface area contributed by atoms with E-state index in [1.165, 1.54) is 11.9 Å². The topological polar surface area (TPSA) is 70.1 Å². The van der Waals surface area contributed by atoms with Gasteiger partial charge in [0.05, 0.1) is 11.0 Å². The highest BCUT2D eigenvalue weighted by Crippen LogP contribution is 2.30. The van der Waals surface area contributed by atoms with Crippen molar-refractivity contribution < 1.29 is 5.11 Å². The van der Waals surface area contributed by atoms with Gasteiger partial charge in [-0.2, -0.15) is 0 Å². The lowest BCUT2D eigenvalue weighted by Crippen LogP contribution is -2.02. The molecule has 0 atom stereocenters. The van der Waals surface area contributed by atoms with Crippen LogP contribution < -0.4 is 10.0 Å². The summed E-state index contributed by atoms with van der Waals surface area (Å²) >= 11 is 4.90. The van der Waals surface area contributed by atoms with Gasteiger partial charge in [-0.05, 0) is 66.9 Å². The molecular weight excluding hydrogens is 436 g/mol. The van der Waals surface area contributed by atoms with Crippen LogP contribution in [0.3, 0.4) is 0 Å². The van der Waals surface area contributed by atoms with E-state index in [9.17, 15) is 5.11 Å². The molecule has 0 unspecified atom stereocenters. The molecular formula is C21H17BrN4OS. The van der Waals surface area contributed by atoms with Gasteiger partial charge in [0, 0.05) is 21.1 Å². The molecule has 4 rings (SSSR count). The predicted molar refractivity (Wildman–Crippen MR) is 119 cm³/mol. The van der Waals surface area contributed by atoms with Crippen molar-refractivity contribution in [3.8, 4) is 5.75 Å². The number of hydrogen-bond donors (Lipinski definition) is 3. The first kappa shape index (κ1) is 18.6. The van der Waals surface area contributed by atoms with E-state index in [0.717, 1.165) is 31.7 Å². The number of phenolic OH excluding ortho intramolecular Hbond substituents is 1. The van der Waals surface area contributed by atoms with Gasteiger partial charge in [-0.15, -0.1) is 0 Å². The zero-order chi connectivity index (χ0) is 19.5. The van der Waals surface area contributed by atoms with E-state index >= 15 is 0 Å². The van der Waals surface area contributed by atoms with Crippen molar-refractivity contribution in [2.45, 2.75) is 11.8 Å². The normalized spacial score (nSPS) is 10.8. The third-order valence-electron chi connectivity index (χ3n) is 4.12. The Hall–Kier alpha value is -2.77. The van der Waals surface area contributed by atoms with Crippen LogP contribution in [0.4, 0.5) is 17.3 Å². The third-order valence-corrected chi connectivity index (χ3v) is 5.45. The summed E-state index contributed by atoms with van der Waals surface area (Å²) in [6, 6.07) is 21.2. The number of para-hydroxylation sites is 2. The van der Waals surface area contributed by atoms with Gasteiger partial charge in [-0.25, -0.2) is 9.97 Å². The number of aromatic nitrogens is 2. The first-order valence-electron chi connectivity index (χ1n) is 8.60. The second-order valence-electron chi connectivity index (χ2n) is 6.19. The Labute approximate surface area is 175 Å². The molecule has 4 aromatic rings. The molecule has 0 aliphatic rings. The number of phenols is 1. The second-order valence-corrected chi connectivity index (χ2v) is 7.99. The first-order valence-corrected chi connectivity index (χ1v) is 10.2. The molecule has 0 saturated heterocycles. The fraction of sp³-hybridized carbons (Fsp3) is 0.0476. The van der Waals surface area contributed by atoms with Gasteiger partial charge in [0.25, 0.3) is 0 Å². The summed E-state index contributed by atoms with van der Waals surface area (Å²) in [4.78, 5) is 10.5. The second kappa shape index (κ2) is 8.08. The number of hydrogen-bond acceptors (Lipinski definition) is 6. The van der Waals surface area contributed by atoms with Gasteiger partial charge >= 0.3 is 0 Å². The van der Waals surface area contributed by atoms with Gasteiger partial charge in [-0.1, -0.05) is 34.1 Å². The van der Waals surface area contributed by atoms with Crippen molar-refractivity contribution >= 4 is 56.2 Å².